The lowest BCUT2D eigenvalue weighted by Crippen LogP contribution is -2.21. The third kappa shape index (κ3) is 5.97. The Morgan fingerprint density at radius 2 is 2.00 bits per heavy atom. The molecule has 0 N–H and O–H groups in total. The van der Waals surface area contributed by atoms with Crippen LogP contribution in [0.4, 0.5) is 0 Å². The Morgan fingerprint density at radius 1 is 1.38 bits per heavy atom. The summed E-state index contributed by atoms with van der Waals surface area (Å²) in [6.07, 6.45) is 1.95. The fraction of sp³-hybridized carbons (Fsp3) is 0.900. The average Bonchev–Trinajstić information content (AvgIpc) is 2.03. The monoisotopic (exact) mass is 204 g/mol. The van der Waals surface area contributed by atoms with Crippen molar-refractivity contribution in [2.24, 2.45) is 0 Å². The molecule has 0 aliphatic rings. The molecule has 0 amide bonds. The van der Waals surface area contributed by atoms with Gasteiger partial charge in [-0.25, -0.2) is 0 Å². The lowest BCUT2D eigenvalue weighted by molar-refractivity contribution is -0.142. The highest BCUT2D eigenvalue weighted by Crippen LogP contribution is 2.22. The van der Waals surface area contributed by atoms with E-state index in [1.807, 2.05) is 6.92 Å². The van der Waals surface area contributed by atoms with E-state index in [0.29, 0.717) is 11.9 Å². The maximum Gasteiger partial charge on any atom is 0.319 e. The highest BCUT2D eigenvalue weighted by molar-refractivity contribution is 8.01. The number of carbonyl (C=O) groups is 1. The first kappa shape index (κ1) is 12.8. The Hall–Kier alpha value is -0.180. The molecule has 0 fully saturated rings. The van der Waals surface area contributed by atoms with Crippen molar-refractivity contribution in [3.63, 3.8) is 0 Å². The van der Waals surface area contributed by atoms with E-state index in [1.54, 1.807) is 11.8 Å². The first-order chi connectivity index (χ1) is 6.11. The summed E-state index contributed by atoms with van der Waals surface area (Å²) in [5.41, 5.74) is 0. The molecule has 0 rings (SSSR count). The van der Waals surface area contributed by atoms with Gasteiger partial charge in [-0.1, -0.05) is 27.2 Å². The van der Waals surface area contributed by atoms with Crippen molar-refractivity contribution >= 4 is 17.7 Å². The second-order valence-corrected chi connectivity index (χ2v) is 5.00. The van der Waals surface area contributed by atoms with Crippen LogP contribution in [-0.4, -0.2) is 23.1 Å². The Balaban J connectivity index is 3.98. The minimum atomic E-state index is -0.0527. The van der Waals surface area contributed by atoms with Crippen molar-refractivity contribution in [1.82, 2.24) is 0 Å². The lowest BCUT2D eigenvalue weighted by atomic mass is 10.2. The predicted octanol–water partition coefficient (Wildman–Crippen LogP) is 2.86. The number of ether oxygens (including phenoxy) is 1. The van der Waals surface area contributed by atoms with Crippen molar-refractivity contribution in [2.45, 2.75) is 51.0 Å². The number of thioether (sulfide) groups is 1. The number of esters is 1. The van der Waals surface area contributed by atoms with Crippen molar-refractivity contribution in [3.05, 3.63) is 0 Å². The van der Waals surface area contributed by atoms with E-state index in [2.05, 4.69) is 20.8 Å². The van der Waals surface area contributed by atoms with Crippen molar-refractivity contribution < 1.29 is 9.53 Å². The summed E-state index contributed by atoms with van der Waals surface area (Å²) in [5, 5.41) is 0.519. The summed E-state index contributed by atoms with van der Waals surface area (Å²) in [6, 6.07) is 0. The first-order valence-electron chi connectivity index (χ1n) is 4.93. The van der Waals surface area contributed by atoms with Crippen LogP contribution in [-0.2, 0) is 9.53 Å². The van der Waals surface area contributed by atoms with Gasteiger partial charge in [-0.2, -0.15) is 0 Å². The van der Waals surface area contributed by atoms with Gasteiger partial charge in [0.1, 0.15) is 5.25 Å². The fourth-order valence-corrected chi connectivity index (χ4v) is 2.28. The molecule has 3 heteroatoms. The molecule has 0 aliphatic heterocycles. The van der Waals surface area contributed by atoms with Crippen LogP contribution >= 0.6 is 11.8 Å². The summed E-state index contributed by atoms with van der Waals surface area (Å²) < 4.78 is 5.00. The quantitative estimate of drug-likeness (QED) is 0.622. The van der Waals surface area contributed by atoms with Crippen molar-refractivity contribution in [2.75, 3.05) is 6.61 Å². The van der Waals surface area contributed by atoms with Crippen LogP contribution in [0.3, 0.4) is 0 Å². The van der Waals surface area contributed by atoms with E-state index in [0.717, 1.165) is 12.8 Å². The van der Waals surface area contributed by atoms with Crippen LogP contribution in [0.5, 0.6) is 0 Å². The molecule has 0 aliphatic carbocycles. The van der Waals surface area contributed by atoms with Crippen LogP contribution in [0.25, 0.3) is 0 Å². The molecule has 0 spiro atoms. The van der Waals surface area contributed by atoms with Crippen LogP contribution in [0.15, 0.2) is 0 Å². The predicted molar refractivity (Wildman–Crippen MR) is 58.1 cm³/mol. The van der Waals surface area contributed by atoms with E-state index >= 15 is 0 Å². The highest BCUT2D eigenvalue weighted by Gasteiger charge is 2.20. The van der Waals surface area contributed by atoms with Gasteiger partial charge in [-0.15, -0.1) is 11.8 Å². The number of carbonyl (C=O) groups excluding carboxylic acids is 1. The second-order valence-electron chi connectivity index (χ2n) is 3.21. The Morgan fingerprint density at radius 3 is 2.38 bits per heavy atom. The minimum Gasteiger partial charge on any atom is -0.465 e. The highest BCUT2D eigenvalue weighted by atomic mass is 32.2. The SMILES string of the molecule is CCCC(SC(C)C)C(=O)OCC. The number of rotatable bonds is 6. The van der Waals surface area contributed by atoms with Crippen molar-refractivity contribution in [3.8, 4) is 0 Å². The average molecular weight is 204 g/mol. The summed E-state index contributed by atoms with van der Waals surface area (Å²) in [4.78, 5) is 11.4. The number of hydrogen-bond acceptors (Lipinski definition) is 3. The van der Waals surface area contributed by atoms with Crippen molar-refractivity contribution in [1.29, 1.82) is 0 Å². The number of hydrogen-bond donors (Lipinski definition) is 0. The van der Waals surface area contributed by atoms with E-state index in [4.69, 9.17) is 4.74 Å². The zero-order valence-electron chi connectivity index (χ0n) is 9.00. The summed E-state index contributed by atoms with van der Waals surface area (Å²) in [7, 11) is 0. The van der Waals surface area contributed by atoms with Gasteiger partial charge in [-0.3, -0.25) is 4.79 Å². The van der Waals surface area contributed by atoms with E-state index in [1.165, 1.54) is 0 Å². The molecule has 78 valence electrons. The molecule has 0 bridgehead atoms. The molecule has 0 aromatic carbocycles. The molecule has 0 saturated heterocycles. The molecule has 0 heterocycles. The van der Waals surface area contributed by atoms with Gasteiger partial charge < -0.3 is 4.74 Å². The normalized spacial score (nSPS) is 13.0. The van der Waals surface area contributed by atoms with Crippen LogP contribution < -0.4 is 0 Å². The summed E-state index contributed by atoms with van der Waals surface area (Å²) >= 11 is 1.70. The van der Waals surface area contributed by atoms with Crippen LogP contribution in [0, 0.1) is 0 Å². The summed E-state index contributed by atoms with van der Waals surface area (Å²) in [6.45, 7) is 8.63. The molecule has 0 radical (unpaired) electrons. The molecule has 1 unspecified atom stereocenters. The molecule has 0 saturated carbocycles. The van der Waals surface area contributed by atoms with Gasteiger partial charge in [0.25, 0.3) is 0 Å². The first-order valence-corrected chi connectivity index (χ1v) is 5.88. The molecule has 2 nitrogen and oxygen atoms in total. The fourth-order valence-electron chi connectivity index (χ4n) is 1.07. The molecular formula is C10H20O2S. The van der Waals surface area contributed by atoms with Gasteiger partial charge in [-0.05, 0) is 18.6 Å². The Kier molecular flexibility index (Phi) is 7.14. The molecule has 0 aromatic heterocycles. The van der Waals surface area contributed by atoms with Gasteiger partial charge in [0, 0.05) is 0 Å². The van der Waals surface area contributed by atoms with E-state index in [-0.39, 0.29) is 11.2 Å². The zero-order valence-corrected chi connectivity index (χ0v) is 9.82. The Labute approximate surface area is 85.4 Å². The molecule has 13 heavy (non-hydrogen) atoms. The van der Waals surface area contributed by atoms with Gasteiger partial charge in [0.15, 0.2) is 0 Å². The topological polar surface area (TPSA) is 26.3 Å². The van der Waals surface area contributed by atoms with Crippen LogP contribution in [0.1, 0.15) is 40.5 Å². The standard InChI is InChI=1S/C10H20O2S/c1-5-7-9(13-8(3)4)10(11)12-6-2/h8-9H,5-7H2,1-4H3. The zero-order chi connectivity index (χ0) is 10.3. The molecular weight excluding hydrogens is 184 g/mol. The maximum atomic E-state index is 11.4. The second kappa shape index (κ2) is 7.25. The van der Waals surface area contributed by atoms with E-state index in [9.17, 15) is 4.79 Å². The molecule has 0 aromatic rings. The largest absolute Gasteiger partial charge is 0.465 e. The van der Waals surface area contributed by atoms with Gasteiger partial charge in [0.2, 0.25) is 0 Å². The van der Waals surface area contributed by atoms with Gasteiger partial charge >= 0.3 is 5.97 Å². The summed E-state index contributed by atoms with van der Waals surface area (Å²) in [5.74, 6) is -0.0527. The third-order valence-corrected chi connectivity index (χ3v) is 2.84. The van der Waals surface area contributed by atoms with E-state index < -0.39 is 0 Å². The Bertz CT molecular complexity index is 146. The van der Waals surface area contributed by atoms with Gasteiger partial charge in [0.05, 0.1) is 6.61 Å². The maximum absolute atomic E-state index is 11.4. The van der Waals surface area contributed by atoms with Crippen LogP contribution in [0.2, 0.25) is 0 Å². The lowest BCUT2D eigenvalue weighted by Gasteiger charge is -2.16. The molecule has 1 atom stereocenters. The minimum absolute atomic E-state index is 0.0324. The smallest absolute Gasteiger partial charge is 0.319 e. The third-order valence-electron chi connectivity index (χ3n) is 1.54.